The van der Waals surface area contributed by atoms with E-state index in [9.17, 15) is 18.7 Å². The second-order valence-electron chi connectivity index (χ2n) is 7.93. The number of hydrogen-bond acceptors (Lipinski definition) is 5. The van der Waals surface area contributed by atoms with Crippen molar-refractivity contribution in [1.29, 1.82) is 0 Å². The molecule has 0 atom stereocenters. The second-order valence-corrected chi connectivity index (χ2v) is 8.34. The molecule has 36 heavy (non-hydrogen) atoms. The average Bonchev–Trinajstić information content (AvgIpc) is 3.30. The number of aromatic hydroxyl groups is 1. The summed E-state index contributed by atoms with van der Waals surface area (Å²) in [7, 11) is 2.80. The first-order valence-electron chi connectivity index (χ1n) is 10.7. The molecule has 0 aliphatic rings. The highest BCUT2D eigenvalue weighted by atomic mass is 35.5. The lowest BCUT2D eigenvalue weighted by molar-refractivity contribution is 0.0124. The molecule has 4 aromatic rings. The molecule has 7 nitrogen and oxygen atoms in total. The Bertz CT molecular complexity index is 1420. The molecule has 186 valence electrons. The summed E-state index contributed by atoms with van der Waals surface area (Å²) in [6, 6.07) is 17.3. The minimum atomic E-state index is -3.16. The lowest BCUT2D eigenvalue weighted by Crippen LogP contribution is -2.12. The van der Waals surface area contributed by atoms with Gasteiger partial charge in [-0.15, -0.1) is 0 Å². The number of hydrogen-bond donors (Lipinski definition) is 2. The Labute approximate surface area is 210 Å². The smallest absolute Gasteiger partial charge is 0.288 e. The first kappa shape index (κ1) is 25.0. The van der Waals surface area contributed by atoms with Crippen LogP contribution >= 0.6 is 11.6 Å². The zero-order valence-corrected chi connectivity index (χ0v) is 20.3. The minimum Gasteiger partial charge on any atom is -0.504 e. The average molecular weight is 514 g/mol. The first-order valence-corrected chi connectivity index (χ1v) is 11.1. The van der Waals surface area contributed by atoms with Gasteiger partial charge in [0, 0.05) is 35.9 Å². The second kappa shape index (κ2) is 9.87. The van der Waals surface area contributed by atoms with Gasteiger partial charge in [-0.05, 0) is 30.3 Å². The van der Waals surface area contributed by atoms with Crippen molar-refractivity contribution in [2.24, 2.45) is 0 Å². The molecule has 0 radical (unpaired) electrons. The number of phenols is 1. The standard InChI is InChI=1S/C26H22ClF2N3O4/c1-26(28,29)23-14-20(32(31-23)19-7-5-4-6-18(19)27)15-8-10-16(11-9-15)25(34)30-17-12-21(33)24(36-3)22(13-17)35-2/h4-14,33H,1-3H3,(H,30,34). The lowest BCUT2D eigenvalue weighted by Gasteiger charge is -2.13. The maximum atomic E-state index is 14.1. The Morgan fingerprint density at radius 2 is 1.75 bits per heavy atom. The highest BCUT2D eigenvalue weighted by Crippen LogP contribution is 2.39. The van der Waals surface area contributed by atoms with Crippen LogP contribution in [0.15, 0.2) is 66.7 Å². The number of aromatic nitrogens is 2. The van der Waals surface area contributed by atoms with Crippen LogP contribution in [0.2, 0.25) is 5.02 Å². The number of nitrogens with zero attached hydrogens (tertiary/aromatic N) is 2. The molecular weight excluding hydrogens is 492 g/mol. The van der Waals surface area contributed by atoms with Gasteiger partial charge in [-0.2, -0.15) is 13.9 Å². The largest absolute Gasteiger partial charge is 0.504 e. The van der Waals surface area contributed by atoms with Gasteiger partial charge in [-0.1, -0.05) is 35.9 Å². The summed E-state index contributed by atoms with van der Waals surface area (Å²) in [6.07, 6.45) is 0. The number of halogens is 3. The van der Waals surface area contributed by atoms with Crippen molar-refractivity contribution in [2.75, 3.05) is 19.5 Å². The van der Waals surface area contributed by atoms with E-state index in [0.29, 0.717) is 33.2 Å². The Kier molecular flexibility index (Phi) is 6.85. The molecule has 0 fully saturated rings. The molecule has 0 aliphatic carbocycles. The first-order chi connectivity index (χ1) is 17.1. The Morgan fingerprint density at radius 1 is 1.06 bits per heavy atom. The fourth-order valence-corrected chi connectivity index (χ4v) is 3.84. The van der Waals surface area contributed by atoms with Crippen molar-refractivity contribution in [2.45, 2.75) is 12.8 Å². The van der Waals surface area contributed by atoms with Crippen molar-refractivity contribution >= 4 is 23.2 Å². The molecule has 0 spiro atoms. The molecule has 2 N–H and O–H groups in total. The van der Waals surface area contributed by atoms with Gasteiger partial charge in [-0.25, -0.2) is 4.68 Å². The Morgan fingerprint density at radius 3 is 2.36 bits per heavy atom. The van der Waals surface area contributed by atoms with Crippen LogP contribution in [-0.4, -0.2) is 35.0 Å². The third-order valence-corrected chi connectivity index (χ3v) is 5.72. The van der Waals surface area contributed by atoms with E-state index >= 15 is 0 Å². The van der Waals surface area contributed by atoms with Crippen LogP contribution in [0.3, 0.4) is 0 Å². The molecule has 0 bridgehead atoms. The number of ether oxygens (including phenoxy) is 2. The lowest BCUT2D eigenvalue weighted by atomic mass is 10.1. The fourth-order valence-electron chi connectivity index (χ4n) is 3.62. The topological polar surface area (TPSA) is 85.6 Å². The summed E-state index contributed by atoms with van der Waals surface area (Å²) in [4.78, 5) is 12.8. The van der Waals surface area contributed by atoms with E-state index < -0.39 is 17.5 Å². The summed E-state index contributed by atoms with van der Waals surface area (Å²) in [5.41, 5.74) is 1.57. The number of benzene rings is 3. The maximum absolute atomic E-state index is 14.1. The van der Waals surface area contributed by atoms with Crippen molar-refractivity contribution < 1.29 is 28.2 Å². The predicted molar refractivity (Wildman–Crippen MR) is 133 cm³/mol. The van der Waals surface area contributed by atoms with E-state index in [4.69, 9.17) is 21.1 Å². The number of carbonyl (C=O) groups excluding carboxylic acids is 1. The molecule has 0 unspecified atom stereocenters. The number of nitrogens with one attached hydrogen (secondary N) is 1. The number of rotatable bonds is 7. The van der Waals surface area contributed by atoms with Gasteiger partial charge in [0.05, 0.1) is 30.6 Å². The van der Waals surface area contributed by atoms with E-state index in [-0.39, 0.29) is 17.2 Å². The molecule has 1 aromatic heterocycles. The zero-order valence-electron chi connectivity index (χ0n) is 19.6. The number of amides is 1. The molecule has 1 heterocycles. The van der Waals surface area contributed by atoms with E-state index in [1.807, 2.05) is 0 Å². The number of para-hydroxylation sites is 1. The number of anilines is 1. The Balaban J connectivity index is 1.65. The molecule has 0 saturated heterocycles. The van der Waals surface area contributed by atoms with Crippen LogP contribution in [0.1, 0.15) is 23.0 Å². The van der Waals surface area contributed by atoms with Crippen LogP contribution in [-0.2, 0) is 5.92 Å². The minimum absolute atomic E-state index is 0.145. The zero-order chi connectivity index (χ0) is 26.0. The molecule has 10 heteroatoms. The van der Waals surface area contributed by atoms with Crippen molar-refractivity contribution in [1.82, 2.24) is 9.78 Å². The van der Waals surface area contributed by atoms with Gasteiger partial charge in [0.2, 0.25) is 5.75 Å². The number of methoxy groups -OCH3 is 2. The molecular formula is C26H22ClF2N3O4. The Hall–Kier alpha value is -4.11. The fraction of sp³-hybridized carbons (Fsp3) is 0.154. The quantitative estimate of drug-likeness (QED) is 0.304. The molecule has 4 rings (SSSR count). The summed E-state index contributed by atoms with van der Waals surface area (Å²) in [5, 5.41) is 17.3. The third-order valence-electron chi connectivity index (χ3n) is 5.40. The molecule has 0 aliphatic heterocycles. The van der Waals surface area contributed by atoms with E-state index in [1.54, 1.807) is 48.5 Å². The van der Waals surface area contributed by atoms with Crippen LogP contribution in [0, 0.1) is 0 Å². The van der Waals surface area contributed by atoms with Crippen molar-refractivity contribution in [3.8, 4) is 34.2 Å². The van der Waals surface area contributed by atoms with Gasteiger partial charge in [0.15, 0.2) is 11.5 Å². The van der Waals surface area contributed by atoms with Gasteiger partial charge >= 0.3 is 0 Å². The van der Waals surface area contributed by atoms with Crippen LogP contribution in [0.5, 0.6) is 17.2 Å². The predicted octanol–water partition coefficient (Wildman–Crippen LogP) is 6.28. The van der Waals surface area contributed by atoms with E-state index in [2.05, 4.69) is 10.4 Å². The molecule has 3 aromatic carbocycles. The monoisotopic (exact) mass is 513 g/mol. The molecule has 0 saturated carbocycles. The van der Waals surface area contributed by atoms with Gasteiger partial charge in [-0.3, -0.25) is 4.79 Å². The SMILES string of the molecule is COc1cc(NC(=O)c2ccc(-c3cc(C(C)(F)F)nn3-c3ccccc3Cl)cc2)cc(O)c1OC. The number of phenolic OH excluding ortho intramolecular Hbond substituents is 1. The van der Waals surface area contributed by atoms with Crippen LogP contribution < -0.4 is 14.8 Å². The summed E-state index contributed by atoms with van der Waals surface area (Å²) in [6.45, 7) is 0.773. The van der Waals surface area contributed by atoms with Gasteiger partial charge in [0.25, 0.3) is 11.8 Å². The summed E-state index contributed by atoms with van der Waals surface area (Å²) >= 11 is 6.30. The third kappa shape index (κ3) is 4.96. The van der Waals surface area contributed by atoms with Gasteiger partial charge in [0.1, 0.15) is 5.69 Å². The maximum Gasteiger partial charge on any atom is 0.288 e. The molecule has 1 amide bonds. The number of carbonyl (C=O) groups is 1. The summed E-state index contributed by atoms with van der Waals surface area (Å²) < 4.78 is 39.8. The van der Waals surface area contributed by atoms with E-state index in [0.717, 1.165) is 6.92 Å². The number of alkyl halides is 2. The van der Waals surface area contributed by atoms with Crippen molar-refractivity contribution in [3.63, 3.8) is 0 Å². The highest BCUT2D eigenvalue weighted by Gasteiger charge is 2.30. The highest BCUT2D eigenvalue weighted by molar-refractivity contribution is 6.32. The van der Waals surface area contributed by atoms with Crippen molar-refractivity contribution in [3.05, 3.63) is 83.0 Å². The van der Waals surface area contributed by atoms with Crippen LogP contribution in [0.4, 0.5) is 14.5 Å². The van der Waals surface area contributed by atoms with Gasteiger partial charge < -0.3 is 19.9 Å². The van der Waals surface area contributed by atoms with E-state index in [1.165, 1.54) is 37.1 Å². The summed E-state index contributed by atoms with van der Waals surface area (Å²) in [5.74, 6) is -3.41. The van der Waals surface area contributed by atoms with Crippen LogP contribution in [0.25, 0.3) is 16.9 Å². The normalized spacial score (nSPS) is 11.3.